The number of hydrogen-bond donors (Lipinski definition) is 1. The molecule has 0 fully saturated rings. The fourth-order valence-electron chi connectivity index (χ4n) is 1.62. The van der Waals surface area contributed by atoms with Crippen molar-refractivity contribution < 1.29 is 8.42 Å². The lowest BCUT2D eigenvalue weighted by atomic mass is 10.2. The summed E-state index contributed by atoms with van der Waals surface area (Å²) in [5.74, 6) is 0.874. The van der Waals surface area contributed by atoms with Crippen molar-refractivity contribution >= 4 is 32.6 Å². The lowest BCUT2D eigenvalue weighted by molar-refractivity contribution is 0.598. The van der Waals surface area contributed by atoms with Crippen LogP contribution in [0.3, 0.4) is 0 Å². The maximum atomic E-state index is 12.0. The van der Waals surface area contributed by atoms with E-state index in [0.29, 0.717) is 10.9 Å². The minimum absolute atomic E-state index is 0.266. The summed E-state index contributed by atoms with van der Waals surface area (Å²) in [5.41, 5.74) is 1.53. The Morgan fingerprint density at radius 1 is 1.39 bits per heavy atom. The molecule has 2 rings (SSSR count). The van der Waals surface area contributed by atoms with E-state index in [4.69, 9.17) is 0 Å². The van der Waals surface area contributed by atoms with Crippen LogP contribution in [0.1, 0.15) is 25.3 Å². The summed E-state index contributed by atoms with van der Waals surface area (Å²) < 4.78 is 27.9. The van der Waals surface area contributed by atoms with Gasteiger partial charge in [0.15, 0.2) is 5.17 Å². The fourth-order valence-corrected chi connectivity index (χ4v) is 4.03. The smallest absolute Gasteiger partial charge is 0.286 e. The summed E-state index contributed by atoms with van der Waals surface area (Å²) in [7, 11) is -3.55. The average molecular weight is 284 g/mol. The number of hydrogen-bond acceptors (Lipinski definition) is 4. The van der Waals surface area contributed by atoms with Crippen LogP contribution in [-0.4, -0.2) is 19.3 Å². The molecule has 0 unspecified atom stereocenters. The van der Waals surface area contributed by atoms with Gasteiger partial charge in [-0.2, -0.15) is 8.42 Å². The molecule has 0 bridgehead atoms. The summed E-state index contributed by atoms with van der Waals surface area (Å²) in [6.45, 7) is 3.97. The average Bonchev–Trinajstić information content (AvgIpc) is 2.30. The Kier molecular flexibility index (Phi) is 3.97. The number of rotatable bonds is 3. The van der Waals surface area contributed by atoms with Gasteiger partial charge >= 0.3 is 0 Å². The van der Waals surface area contributed by atoms with Crippen LogP contribution in [0.2, 0.25) is 0 Å². The first-order valence-electron chi connectivity index (χ1n) is 5.88. The van der Waals surface area contributed by atoms with Crippen molar-refractivity contribution in [2.45, 2.75) is 31.6 Å². The molecule has 6 heteroatoms. The van der Waals surface area contributed by atoms with Gasteiger partial charge in [0.1, 0.15) is 4.90 Å². The standard InChI is InChI=1S/C12H16N2O2S2/c1-3-4-7-17-12-13-10-6-5-9(2)8-11(10)18(15,16)14-12/h5-6,8H,3-4,7H2,1-2H3,(H,13,14). The number of fused-ring (bicyclic) bond motifs is 1. The summed E-state index contributed by atoms with van der Waals surface area (Å²) >= 11 is 1.45. The number of nitrogens with one attached hydrogen (secondary N) is 1. The summed E-state index contributed by atoms with van der Waals surface area (Å²) in [6, 6.07) is 5.33. The zero-order valence-corrected chi connectivity index (χ0v) is 12.1. The zero-order valence-electron chi connectivity index (χ0n) is 10.4. The highest BCUT2D eigenvalue weighted by Crippen LogP contribution is 2.30. The number of nitrogens with zero attached hydrogens (tertiary/aromatic N) is 1. The third-order valence-corrected chi connectivity index (χ3v) is 4.99. The Balaban J connectivity index is 2.27. The van der Waals surface area contributed by atoms with E-state index >= 15 is 0 Å². The SMILES string of the molecule is CCCCSC1=NS(=O)(=O)c2cc(C)ccc2N1. The van der Waals surface area contributed by atoms with Crippen molar-refractivity contribution in [3.05, 3.63) is 23.8 Å². The first kappa shape index (κ1) is 13.4. The van der Waals surface area contributed by atoms with E-state index in [0.717, 1.165) is 24.2 Å². The van der Waals surface area contributed by atoms with Crippen molar-refractivity contribution in [3.63, 3.8) is 0 Å². The lowest BCUT2D eigenvalue weighted by Gasteiger charge is -2.17. The van der Waals surface area contributed by atoms with Gasteiger partial charge < -0.3 is 5.32 Å². The number of sulfonamides is 1. The molecule has 0 radical (unpaired) electrons. The number of unbranched alkanes of at least 4 members (excludes halogenated alkanes) is 1. The van der Waals surface area contributed by atoms with Gasteiger partial charge in [-0.1, -0.05) is 31.2 Å². The fraction of sp³-hybridized carbons (Fsp3) is 0.417. The normalized spacial score (nSPS) is 16.7. The first-order valence-corrected chi connectivity index (χ1v) is 8.31. The van der Waals surface area contributed by atoms with Gasteiger partial charge in [-0.15, -0.1) is 4.40 Å². The highest BCUT2D eigenvalue weighted by molar-refractivity contribution is 8.14. The molecule has 1 aliphatic heterocycles. The van der Waals surface area contributed by atoms with E-state index in [1.165, 1.54) is 11.8 Å². The number of anilines is 1. The van der Waals surface area contributed by atoms with Crippen molar-refractivity contribution in [2.75, 3.05) is 11.1 Å². The second-order valence-electron chi connectivity index (χ2n) is 4.20. The maximum absolute atomic E-state index is 12.0. The highest BCUT2D eigenvalue weighted by Gasteiger charge is 2.24. The molecule has 1 aliphatic rings. The van der Waals surface area contributed by atoms with Gasteiger partial charge in [-0.05, 0) is 31.0 Å². The van der Waals surface area contributed by atoms with Crippen LogP contribution in [0.4, 0.5) is 5.69 Å². The molecule has 1 aromatic rings. The molecule has 1 heterocycles. The van der Waals surface area contributed by atoms with E-state index in [-0.39, 0.29) is 4.90 Å². The van der Waals surface area contributed by atoms with Crippen molar-refractivity contribution in [2.24, 2.45) is 4.40 Å². The number of thioether (sulfide) groups is 1. The van der Waals surface area contributed by atoms with Crippen LogP contribution in [0.15, 0.2) is 27.5 Å². The summed E-state index contributed by atoms with van der Waals surface area (Å²) in [6.07, 6.45) is 2.13. The van der Waals surface area contributed by atoms with Crippen LogP contribution in [-0.2, 0) is 10.0 Å². The molecule has 0 saturated carbocycles. The second-order valence-corrected chi connectivity index (χ2v) is 6.85. The molecule has 1 N–H and O–H groups in total. The largest absolute Gasteiger partial charge is 0.333 e. The van der Waals surface area contributed by atoms with Gasteiger partial charge in [0.25, 0.3) is 10.0 Å². The maximum Gasteiger partial charge on any atom is 0.286 e. The van der Waals surface area contributed by atoms with Gasteiger partial charge in [-0.3, -0.25) is 0 Å². The molecule has 0 amide bonds. The zero-order chi connectivity index (χ0) is 13.2. The Morgan fingerprint density at radius 2 is 2.17 bits per heavy atom. The molecular weight excluding hydrogens is 268 g/mol. The molecule has 0 spiro atoms. The number of benzene rings is 1. The Morgan fingerprint density at radius 3 is 2.89 bits per heavy atom. The van der Waals surface area contributed by atoms with Gasteiger partial charge in [0, 0.05) is 5.75 Å². The predicted octanol–water partition coefficient (Wildman–Crippen LogP) is 3.00. The molecule has 0 aromatic heterocycles. The third kappa shape index (κ3) is 2.87. The van der Waals surface area contributed by atoms with E-state index in [2.05, 4.69) is 16.6 Å². The number of aryl methyl sites for hydroxylation is 1. The summed E-state index contributed by atoms with van der Waals surface area (Å²) in [5, 5.41) is 3.54. The highest BCUT2D eigenvalue weighted by atomic mass is 32.2. The second kappa shape index (κ2) is 5.32. The van der Waals surface area contributed by atoms with Crippen molar-refractivity contribution in [3.8, 4) is 0 Å². The Labute approximate surface area is 112 Å². The quantitative estimate of drug-likeness (QED) is 0.867. The molecule has 0 aliphatic carbocycles. The third-order valence-electron chi connectivity index (χ3n) is 2.60. The summed E-state index contributed by atoms with van der Waals surface area (Å²) in [4.78, 5) is 0.266. The van der Waals surface area contributed by atoms with Crippen LogP contribution < -0.4 is 5.32 Å². The molecule has 0 atom stereocenters. The van der Waals surface area contributed by atoms with Gasteiger partial charge in [0.05, 0.1) is 5.69 Å². The molecule has 1 aromatic carbocycles. The van der Waals surface area contributed by atoms with E-state index in [9.17, 15) is 8.42 Å². The molecule has 4 nitrogen and oxygen atoms in total. The minimum Gasteiger partial charge on any atom is -0.333 e. The molecular formula is C12H16N2O2S2. The number of amidine groups is 1. The van der Waals surface area contributed by atoms with Crippen LogP contribution in [0.5, 0.6) is 0 Å². The molecule has 98 valence electrons. The predicted molar refractivity (Wildman–Crippen MR) is 76.8 cm³/mol. The lowest BCUT2D eigenvalue weighted by Crippen LogP contribution is -2.19. The van der Waals surface area contributed by atoms with Crippen LogP contribution >= 0.6 is 11.8 Å². The van der Waals surface area contributed by atoms with Crippen LogP contribution in [0, 0.1) is 6.92 Å². The van der Waals surface area contributed by atoms with Gasteiger partial charge in [-0.25, -0.2) is 0 Å². The topological polar surface area (TPSA) is 58.5 Å². The Hall–Kier alpha value is -1.01. The molecule has 0 saturated heterocycles. The van der Waals surface area contributed by atoms with Crippen molar-refractivity contribution in [1.82, 2.24) is 0 Å². The molecule has 18 heavy (non-hydrogen) atoms. The van der Waals surface area contributed by atoms with Gasteiger partial charge in [0.2, 0.25) is 0 Å². The Bertz CT molecular complexity index is 580. The van der Waals surface area contributed by atoms with E-state index in [1.807, 2.05) is 13.0 Å². The van der Waals surface area contributed by atoms with Crippen molar-refractivity contribution in [1.29, 1.82) is 0 Å². The minimum atomic E-state index is -3.55. The monoisotopic (exact) mass is 284 g/mol. The van der Waals surface area contributed by atoms with E-state index < -0.39 is 10.0 Å². The first-order chi connectivity index (χ1) is 8.53. The van der Waals surface area contributed by atoms with E-state index in [1.54, 1.807) is 12.1 Å². The van der Waals surface area contributed by atoms with Crippen LogP contribution in [0.25, 0.3) is 0 Å².